The summed E-state index contributed by atoms with van der Waals surface area (Å²) in [6, 6.07) is 0. The lowest BCUT2D eigenvalue weighted by molar-refractivity contribution is -0.385. The maximum atomic E-state index is 12.6. The molecule has 0 saturated carbocycles. The molecule has 0 unspecified atom stereocenters. The number of nitro groups is 1. The summed E-state index contributed by atoms with van der Waals surface area (Å²) < 4.78 is 1.37. The highest BCUT2D eigenvalue weighted by Crippen LogP contribution is 2.21. The number of aromatic nitrogens is 2. The predicted octanol–water partition coefficient (Wildman–Crippen LogP) is 0.770. The van der Waals surface area contributed by atoms with Crippen LogP contribution < -0.4 is 5.32 Å². The van der Waals surface area contributed by atoms with E-state index < -0.39 is 10.5 Å². The number of carbonyl (C=O) groups excluding carboxylic acids is 1. The SMILES string of the molecule is CC(C)(C(=O)N1CCCNCC1)n1cc([N+](=O)[O-])cn1.Cl. The monoisotopic (exact) mass is 317 g/mol. The Balaban J connectivity index is 0.00000220. The molecule has 2 rings (SSSR count). The Labute approximate surface area is 129 Å². The molecule has 1 saturated heterocycles. The van der Waals surface area contributed by atoms with Gasteiger partial charge in [0.1, 0.15) is 17.9 Å². The second kappa shape index (κ2) is 6.86. The molecular weight excluding hydrogens is 298 g/mol. The zero-order valence-electron chi connectivity index (χ0n) is 12.1. The van der Waals surface area contributed by atoms with Gasteiger partial charge in [-0.15, -0.1) is 12.4 Å². The first kappa shape index (κ1) is 17.4. The van der Waals surface area contributed by atoms with E-state index in [2.05, 4.69) is 10.4 Å². The van der Waals surface area contributed by atoms with Gasteiger partial charge in [-0.05, 0) is 26.8 Å². The molecule has 9 heteroatoms. The lowest BCUT2D eigenvalue weighted by Crippen LogP contribution is -2.48. The van der Waals surface area contributed by atoms with Gasteiger partial charge in [0, 0.05) is 19.6 Å². The fourth-order valence-electron chi connectivity index (χ4n) is 2.25. The van der Waals surface area contributed by atoms with E-state index in [1.54, 1.807) is 18.7 Å². The minimum atomic E-state index is -0.932. The predicted molar refractivity (Wildman–Crippen MR) is 79.5 cm³/mol. The molecule has 1 amide bonds. The Kier molecular flexibility index (Phi) is 5.68. The van der Waals surface area contributed by atoms with E-state index in [4.69, 9.17) is 0 Å². The van der Waals surface area contributed by atoms with Crippen molar-refractivity contribution in [2.45, 2.75) is 25.8 Å². The molecule has 0 radical (unpaired) electrons. The Morgan fingerprint density at radius 1 is 1.43 bits per heavy atom. The summed E-state index contributed by atoms with van der Waals surface area (Å²) >= 11 is 0. The van der Waals surface area contributed by atoms with Gasteiger partial charge in [0.15, 0.2) is 0 Å². The quantitative estimate of drug-likeness (QED) is 0.656. The summed E-state index contributed by atoms with van der Waals surface area (Å²) in [6.07, 6.45) is 3.37. The molecule has 0 aliphatic carbocycles. The third kappa shape index (κ3) is 3.70. The molecule has 1 fully saturated rings. The Morgan fingerprint density at radius 3 is 2.76 bits per heavy atom. The zero-order valence-corrected chi connectivity index (χ0v) is 12.9. The van der Waals surface area contributed by atoms with Crippen molar-refractivity contribution < 1.29 is 9.72 Å². The molecule has 1 N–H and O–H groups in total. The highest BCUT2D eigenvalue weighted by molar-refractivity contribution is 5.85. The Hall–Kier alpha value is -1.67. The van der Waals surface area contributed by atoms with Gasteiger partial charge < -0.3 is 10.2 Å². The lowest BCUT2D eigenvalue weighted by Gasteiger charge is -2.31. The molecule has 2 heterocycles. The summed E-state index contributed by atoms with van der Waals surface area (Å²) in [5, 5.41) is 17.9. The number of amides is 1. The highest BCUT2D eigenvalue weighted by Gasteiger charge is 2.35. The van der Waals surface area contributed by atoms with Crippen molar-refractivity contribution in [1.29, 1.82) is 0 Å². The zero-order chi connectivity index (χ0) is 14.8. The first-order chi connectivity index (χ1) is 9.43. The number of hydrogen-bond donors (Lipinski definition) is 1. The molecule has 0 spiro atoms. The number of nitrogens with one attached hydrogen (secondary N) is 1. The number of nitrogens with zero attached hydrogens (tertiary/aromatic N) is 4. The summed E-state index contributed by atoms with van der Waals surface area (Å²) in [5.41, 5.74) is -1.04. The van der Waals surface area contributed by atoms with Crippen LogP contribution in [0, 0.1) is 10.1 Å². The summed E-state index contributed by atoms with van der Waals surface area (Å²) in [4.78, 5) is 24.6. The third-order valence-electron chi connectivity index (χ3n) is 3.50. The number of rotatable bonds is 3. The molecule has 8 nitrogen and oxygen atoms in total. The van der Waals surface area contributed by atoms with Crippen LogP contribution in [0.1, 0.15) is 20.3 Å². The van der Waals surface area contributed by atoms with E-state index in [1.165, 1.54) is 17.1 Å². The highest BCUT2D eigenvalue weighted by atomic mass is 35.5. The fraction of sp³-hybridized carbons (Fsp3) is 0.667. The van der Waals surface area contributed by atoms with Gasteiger partial charge in [0.25, 0.3) is 0 Å². The van der Waals surface area contributed by atoms with E-state index in [1.807, 2.05) is 0 Å². The molecular formula is C12H20ClN5O3. The normalized spacial score (nSPS) is 16.0. The van der Waals surface area contributed by atoms with Gasteiger partial charge in [0.2, 0.25) is 5.91 Å². The molecule has 0 bridgehead atoms. The second-order valence-electron chi connectivity index (χ2n) is 5.35. The smallest absolute Gasteiger partial charge is 0.307 e. The van der Waals surface area contributed by atoms with Crippen molar-refractivity contribution in [3.05, 3.63) is 22.5 Å². The van der Waals surface area contributed by atoms with Crippen LogP contribution in [0.25, 0.3) is 0 Å². The van der Waals surface area contributed by atoms with Gasteiger partial charge in [0.05, 0.1) is 4.92 Å². The average Bonchev–Trinajstić information content (AvgIpc) is 2.76. The topological polar surface area (TPSA) is 93.3 Å². The van der Waals surface area contributed by atoms with Crippen LogP contribution in [-0.2, 0) is 10.3 Å². The van der Waals surface area contributed by atoms with Gasteiger partial charge >= 0.3 is 5.69 Å². The molecule has 118 valence electrons. The van der Waals surface area contributed by atoms with Crippen molar-refractivity contribution in [1.82, 2.24) is 20.0 Å². The van der Waals surface area contributed by atoms with E-state index in [-0.39, 0.29) is 24.0 Å². The largest absolute Gasteiger partial charge is 0.339 e. The van der Waals surface area contributed by atoms with E-state index >= 15 is 0 Å². The molecule has 1 aliphatic heterocycles. The van der Waals surface area contributed by atoms with Crippen LogP contribution in [-0.4, -0.2) is 51.7 Å². The van der Waals surface area contributed by atoms with Crippen LogP contribution in [0.4, 0.5) is 5.69 Å². The first-order valence-corrected chi connectivity index (χ1v) is 6.62. The van der Waals surface area contributed by atoms with Crippen molar-refractivity contribution in [2.24, 2.45) is 0 Å². The molecule has 0 aromatic carbocycles. The fourth-order valence-corrected chi connectivity index (χ4v) is 2.25. The number of hydrogen-bond acceptors (Lipinski definition) is 5. The standard InChI is InChI=1S/C12H19N5O3.ClH/c1-12(2,16-9-10(8-14-16)17(19)20)11(18)15-6-3-4-13-5-7-15;/h8-9,13H,3-7H2,1-2H3;1H. The summed E-state index contributed by atoms with van der Waals surface area (Å²) in [5.74, 6) is -0.0702. The third-order valence-corrected chi connectivity index (χ3v) is 3.50. The molecule has 1 aromatic rings. The first-order valence-electron chi connectivity index (χ1n) is 6.62. The number of halogens is 1. The van der Waals surface area contributed by atoms with Crippen LogP contribution in [0.3, 0.4) is 0 Å². The van der Waals surface area contributed by atoms with Gasteiger partial charge in [-0.2, -0.15) is 5.10 Å². The maximum Gasteiger partial charge on any atom is 0.307 e. The minimum absolute atomic E-state index is 0. The van der Waals surface area contributed by atoms with Crippen LogP contribution in [0.15, 0.2) is 12.4 Å². The van der Waals surface area contributed by atoms with Crippen molar-refractivity contribution >= 4 is 24.0 Å². The van der Waals surface area contributed by atoms with Gasteiger partial charge in [-0.1, -0.05) is 0 Å². The van der Waals surface area contributed by atoms with E-state index in [0.29, 0.717) is 13.1 Å². The Morgan fingerprint density at radius 2 is 2.14 bits per heavy atom. The van der Waals surface area contributed by atoms with Crippen LogP contribution in [0.2, 0.25) is 0 Å². The Bertz CT molecular complexity index is 509. The lowest BCUT2D eigenvalue weighted by atomic mass is 10.0. The summed E-state index contributed by atoms with van der Waals surface area (Å²) in [6.45, 7) is 6.46. The van der Waals surface area contributed by atoms with Crippen LogP contribution in [0.5, 0.6) is 0 Å². The minimum Gasteiger partial charge on any atom is -0.339 e. The molecule has 21 heavy (non-hydrogen) atoms. The van der Waals surface area contributed by atoms with Crippen molar-refractivity contribution in [2.75, 3.05) is 26.2 Å². The van der Waals surface area contributed by atoms with E-state index in [9.17, 15) is 14.9 Å². The van der Waals surface area contributed by atoms with Crippen LogP contribution >= 0.6 is 12.4 Å². The summed E-state index contributed by atoms with van der Waals surface area (Å²) in [7, 11) is 0. The second-order valence-corrected chi connectivity index (χ2v) is 5.35. The van der Waals surface area contributed by atoms with E-state index in [0.717, 1.165) is 19.5 Å². The maximum absolute atomic E-state index is 12.6. The molecule has 1 aromatic heterocycles. The average molecular weight is 318 g/mol. The number of carbonyl (C=O) groups is 1. The van der Waals surface area contributed by atoms with Gasteiger partial charge in [-0.25, -0.2) is 0 Å². The van der Waals surface area contributed by atoms with Gasteiger partial charge in [-0.3, -0.25) is 19.6 Å². The molecule has 0 atom stereocenters. The van der Waals surface area contributed by atoms with Crippen molar-refractivity contribution in [3.63, 3.8) is 0 Å². The molecule has 1 aliphatic rings. The van der Waals surface area contributed by atoms with Crippen molar-refractivity contribution in [3.8, 4) is 0 Å².